The third kappa shape index (κ3) is 17.1. The minimum Gasteiger partial charge on any atom is -0.393 e. The summed E-state index contributed by atoms with van der Waals surface area (Å²) >= 11 is 6.02. The van der Waals surface area contributed by atoms with Gasteiger partial charge in [-0.05, 0) is 105 Å². The standard InChI is InChI=1S/C50H65ClFN9O3.C6H12O/c1-6-57(3)47-29-37(16-20-46(47)59(5)43(36-62)19-21-48(63)53-2)13-12-28-64-27-11-9-7-8-10-22-60-23-25-61(26-24-60)34-38-14-17-39(18-15-38)45-35-58(4)49-44(45)33-54-50(56-49)55-42-31-40(51)30-41(52)32-42;7-6-4-2-1-3-5-6/h6,14-18,20,29-33,35-36,43H,1,7-13,19,21-28,34H2,2-5H3,(H,53,63)(H,54,55,56);6-7H,1-5H2. The number of halogens is 2. The Kier molecular flexibility index (Phi) is 22.1. The molecule has 0 bridgehead atoms. The van der Waals surface area contributed by atoms with Crippen molar-refractivity contribution in [1.82, 2.24) is 29.7 Å². The molecule has 1 atom stereocenters. The number of piperazine rings is 1. The number of rotatable bonds is 25. The Morgan fingerprint density at radius 3 is 2.32 bits per heavy atom. The van der Waals surface area contributed by atoms with Crippen LogP contribution in [0.4, 0.5) is 27.4 Å². The van der Waals surface area contributed by atoms with Crippen LogP contribution in [0.15, 0.2) is 85.8 Å². The monoisotopic (exact) mass is 994 g/mol. The zero-order valence-electron chi connectivity index (χ0n) is 42.6. The summed E-state index contributed by atoms with van der Waals surface area (Å²) in [5, 5.41) is 15.9. The second-order valence-corrected chi connectivity index (χ2v) is 19.5. The number of likely N-dealkylation sites (N-methyl/N-ethyl adjacent to an activating group) is 1. The molecule has 1 amide bonds. The number of hydrogen-bond donors (Lipinski definition) is 3. The average molecular weight is 995 g/mol. The van der Waals surface area contributed by atoms with Crippen molar-refractivity contribution < 1.29 is 23.8 Å². The van der Waals surface area contributed by atoms with Crippen LogP contribution in [0.2, 0.25) is 5.02 Å². The number of nitrogens with one attached hydrogen (secondary N) is 2. The van der Waals surface area contributed by atoms with E-state index in [1.54, 1.807) is 19.3 Å². The number of aliphatic hydroxyl groups excluding tert-OH is 1. The lowest BCUT2D eigenvalue weighted by Crippen LogP contribution is -2.46. The van der Waals surface area contributed by atoms with Gasteiger partial charge in [0.15, 0.2) is 0 Å². The van der Waals surface area contributed by atoms with Gasteiger partial charge in [-0.1, -0.05) is 87.0 Å². The Balaban J connectivity index is 0.00000108. The van der Waals surface area contributed by atoms with Crippen molar-refractivity contribution in [2.45, 2.75) is 109 Å². The second-order valence-electron chi connectivity index (χ2n) is 19.1. The van der Waals surface area contributed by atoms with Gasteiger partial charge in [-0.2, -0.15) is 4.98 Å². The number of ether oxygens (including phenoxy) is 1. The van der Waals surface area contributed by atoms with E-state index < -0.39 is 11.9 Å². The maximum Gasteiger partial charge on any atom is 0.229 e. The molecular formula is C56H77ClFN9O4. The molecule has 1 unspecified atom stereocenters. The lowest BCUT2D eigenvalue weighted by atomic mass is 9.98. The highest BCUT2D eigenvalue weighted by Gasteiger charge is 2.21. The number of carbonyl (C=O) groups is 2. The highest BCUT2D eigenvalue weighted by molar-refractivity contribution is 6.30. The first-order valence-electron chi connectivity index (χ1n) is 25.7. The van der Waals surface area contributed by atoms with Gasteiger partial charge in [-0.15, -0.1) is 0 Å². The van der Waals surface area contributed by atoms with Crippen LogP contribution >= 0.6 is 11.6 Å². The number of hydrogen-bond acceptors (Lipinski definition) is 11. The summed E-state index contributed by atoms with van der Waals surface area (Å²) in [6.45, 7) is 12.0. The van der Waals surface area contributed by atoms with E-state index in [9.17, 15) is 14.0 Å². The van der Waals surface area contributed by atoms with Gasteiger partial charge in [-0.25, -0.2) is 9.37 Å². The summed E-state index contributed by atoms with van der Waals surface area (Å²) in [5.74, 6) is -0.121. The fraction of sp³-hybridized carbons (Fsp3) is 0.500. The molecular weight excluding hydrogens is 917 g/mol. The molecule has 3 N–H and O–H groups in total. The summed E-state index contributed by atoms with van der Waals surface area (Å²) < 4.78 is 21.8. The predicted molar refractivity (Wildman–Crippen MR) is 288 cm³/mol. The number of unbranched alkanes of at least 4 members (excludes halogenated alkanes) is 4. The average Bonchev–Trinajstić information content (AvgIpc) is 3.70. The van der Waals surface area contributed by atoms with Crippen molar-refractivity contribution in [2.24, 2.45) is 7.05 Å². The van der Waals surface area contributed by atoms with Crippen LogP contribution in [0.3, 0.4) is 0 Å². The van der Waals surface area contributed by atoms with E-state index in [0.717, 1.165) is 118 Å². The highest BCUT2D eigenvalue weighted by Crippen LogP contribution is 2.33. The number of benzene rings is 3. The van der Waals surface area contributed by atoms with Gasteiger partial charge in [-0.3, -0.25) is 9.69 Å². The molecule has 1 aliphatic heterocycles. The molecule has 2 aliphatic rings. The molecule has 1 aliphatic carbocycles. The van der Waals surface area contributed by atoms with E-state index in [1.165, 1.54) is 74.8 Å². The predicted octanol–water partition coefficient (Wildman–Crippen LogP) is 10.3. The summed E-state index contributed by atoms with van der Waals surface area (Å²) in [4.78, 5) is 42.0. The van der Waals surface area contributed by atoms with Crippen LogP contribution in [0.5, 0.6) is 0 Å². The zero-order chi connectivity index (χ0) is 50.5. The number of aldehydes is 1. The third-order valence-corrected chi connectivity index (χ3v) is 14.0. The van der Waals surface area contributed by atoms with Gasteiger partial charge in [0.2, 0.25) is 11.9 Å². The van der Waals surface area contributed by atoms with Crippen LogP contribution < -0.4 is 20.4 Å². The summed E-state index contributed by atoms with van der Waals surface area (Å²) in [6, 6.07) is 19.0. The number of carbonyl (C=O) groups excluding carboxylic acids is 2. The molecule has 384 valence electrons. The SMILES string of the molecule is C=CN(C)c1cc(CCCOCCCCCCCN2CCN(Cc3ccc(-c4cn(C)c5nc(Nc6cc(F)cc(Cl)c6)ncc45)cc3)CC2)ccc1N(C)C(C=O)CCC(=O)NC.OC1CCCCC1. The molecule has 15 heteroatoms. The molecule has 1 saturated carbocycles. The molecule has 13 nitrogen and oxygen atoms in total. The maximum atomic E-state index is 13.8. The van der Waals surface area contributed by atoms with Crippen molar-refractivity contribution in [2.75, 3.05) is 82.2 Å². The first-order chi connectivity index (χ1) is 34.4. The summed E-state index contributed by atoms with van der Waals surface area (Å²) in [6.07, 6.45) is 21.1. The molecule has 1 saturated heterocycles. The van der Waals surface area contributed by atoms with Gasteiger partial charge in [0.1, 0.15) is 17.8 Å². The van der Waals surface area contributed by atoms with Crippen LogP contribution in [0.25, 0.3) is 22.2 Å². The number of aliphatic hydroxyl groups is 1. The van der Waals surface area contributed by atoms with Crippen molar-refractivity contribution in [3.8, 4) is 11.1 Å². The van der Waals surface area contributed by atoms with Gasteiger partial charge < -0.3 is 44.5 Å². The first kappa shape index (κ1) is 54.9. The fourth-order valence-electron chi connectivity index (χ4n) is 9.39. The number of nitrogens with zero attached hydrogens (tertiary/aromatic N) is 7. The molecule has 5 aromatic rings. The Morgan fingerprint density at radius 2 is 1.63 bits per heavy atom. The lowest BCUT2D eigenvalue weighted by Gasteiger charge is -2.34. The fourth-order valence-corrected chi connectivity index (χ4v) is 9.61. The minimum absolute atomic E-state index is 0.0359. The maximum absolute atomic E-state index is 13.8. The summed E-state index contributed by atoms with van der Waals surface area (Å²) in [7, 11) is 7.43. The van der Waals surface area contributed by atoms with Crippen molar-refractivity contribution in [3.63, 3.8) is 0 Å². The number of aryl methyl sites for hydroxylation is 2. The molecule has 0 spiro atoms. The Morgan fingerprint density at radius 1 is 0.930 bits per heavy atom. The van der Waals surface area contributed by atoms with Crippen LogP contribution in [-0.4, -0.2) is 121 Å². The van der Waals surface area contributed by atoms with E-state index in [4.69, 9.17) is 26.4 Å². The van der Waals surface area contributed by atoms with Crippen LogP contribution in [0, 0.1) is 5.82 Å². The number of anilines is 4. The van der Waals surface area contributed by atoms with E-state index in [-0.39, 0.29) is 12.0 Å². The van der Waals surface area contributed by atoms with Crippen molar-refractivity contribution in [1.29, 1.82) is 0 Å². The summed E-state index contributed by atoms with van der Waals surface area (Å²) in [5.41, 5.74) is 7.87. The third-order valence-electron chi connectivity index (χ3n) is 13.7. The van der Waals surface area contributed by atoms with Crippen molar-refractivity contribution >= 4 is 57.8 Å². The molecule has 3 aromatic carbocycles. The van der Waals surface area contributed by atoms with Crippen LogP contribution in [-0.2, 0) is 34.3 Å². The zero-order valence-corrected chi connectivity index (χ0v) is 43.3. The van der Waals surface area contributed by atoms with Gasteiger partial charge in [0.05, 0.1) is 23.5 Å². The highest BCUT2D eigenvalue weighted by atomic mass is 35.5. The second kappa shape index (κ2) is 28.6. The van der Waals surface area contributed by atoms with E-state index >= 15 is 0 Å². The topological polar surface area (TPSA) is 131 Å². The van der Waals surface area contributed by atoms with Gasteiger partial charge in [0.25, 0.3) is 0 Å². The minimum atomic E-state index is -0.424. The quantitative estimate of drug-likeness (QED) is 0.0382. The lowest BCUT2D eigenvalue weighted by molar-refractivity contribution is -0.120. The molecule has 3 heterocycles. The number of amides is 1. The Hall–Kier alpha value is -5.38. The molecule has 71 heavy (non-hydrogen) atoms. The molecule has 0 radical (unpaired) electrons. The smallest absolute Gasteiger partial charge is 0.229 e. The normalized spacial score (nSPS) is 14.9. The molecule has 7 rings (SSSR count). The molecule has 2 fully saturated rings. The number of fused-ring (bicyclic) bond motifs is 1. The van der Waals surface area contributed by atoms with E-state index in [2.05, 4.69) is 80.7 Å². The van der Waals surface area contributed by atoms with E-state index in [1.807, 2.05) is 41.7 Å². The largest absolute Gasteiger partial charge is 0.393 e. The van der Waals surface area contributed by atoms with Crippen molar-refractivity contribution in [3.05, 3.63) is 108 Å². The van der Waals surface area contributed by atoms with Crippen LogP contribution in [0.1, 0.15) is 94.6 Å². The Labute approximate surface area is 426 Å². The first-order valence-corrected chi connectivity index (χ1v) is 26.0. The Bertz CT molecular complexity index is 2420. The van der Waals surface area contributed by atoms with Gasteiger partial charge in [0, 0.05) is 115 Å². The van der Waals surface area contributed by atoms with Gasteiger partial charge >= 0.3 is 0 Å². The number of aromatic nitrogens is 3. The van der Waals surface area contributed by atoms with E-state index in [0.29, 0.717) is 29.5 Å². The molecule has 2 aromatic heterocycles.